The molecule has 10 nitrogen and oxygen atoms in total. The predicted molar refractivity (Wildman–Crippen MR) is 92.4 cm³/mol. The summed E-state index contributed by atoms with van der Waals surface area (Å²) in [5.41, 5.74) is 10.1. The third-order valence-corrected chi connectivity index (χ3v) is 2.09. The number of rotatable bonds is 4. The number of nitrogens with one attached hydrogen (secondary N) is 6. The van der Waals surface area contributed by atoms with Gasteiger partial charge in [0.25, 0.3) is 0 Å². The van der Waals surface area contributed by atoms with Crippen LogP contribution in [0, 0.1) is 16.2 Å². The second-order valence-corrected chi connectivity index (χ2v) is 4.42. The van der Waals surface area contributed by atoms with Crippen LogP contribution in [0.1, 0.15) is 26.7 Å². The lowest BCUT2D eigenvalue weighted by Gasteiger charge is -2.13. The Hall–Kier alpha value is -2.52. The molecule has 10 heteroatoms. The predicted octanol–water partition coefficient (Wildman–Crippen LogP) is -0.799. The van der Waals surface area contributed by atoms with Gasteiger partial charge in [0.1, 0.15) is 0 Å². The fourth-order valence-corrected chi connectivity index (χ4v) is 1.05. The Morgan fingerprint density at radius 2 is 1.59 bits per heavy atom. The van der Waals surface area contributed by atoms with Crippen LogP contribution in [0.4, 0.5) is 0 Å². The van der Waals surface area contributed by atoms with Crippen molar-refractivity contribution in [2.24, 2.45) is 16.5 Å². The number of unbranched alkanes of at least 4 members (excludes halogenated alkanes) is 1. The molecule has 0 aliphatic heterocycles. The van der Waals surface area contributed by atoms with E-state index in [9.17, 15) is 0 Å². The van der Waals surface area contributed by atoms with Crippen molar-refractivity contribution in [1.29, 1.82) is 16.2 Å². The summed E-state index contributed by atoms with van der Waals surface area (Å²) >= 11 is 0. The summed E-state index contributed by atoms with van der Waals surface area (Å²) in [5.74, 6) is 0.399. The molecule has 0 amide bonds. The van der Waals surface area contributed by atoms with Crippen LogP contribution in [0.15, 0.2) is 4.99 Å². The van der Waals surface area contributed by atoms with Crippen molar-refractivity contribution in [2.75, 3.05) is 27.2 Å². The van der Waals surface area contributed by atoms with Crippen LogP contribution in [0.2, 0.25) is 0 Å². The fourth-order valence-electron chi connectivity index (χ4n) is 1.05. The molecule has 128 valence electrons. The van der Waals surface area contributed by atoms with Crippen LogP contribution in [0.25, 0.3) is 0 Å². The minimum Gasteiger partial charge on any atom is -0.370 e. The Labute approximate surface area is 132 Å². The van der Waals surface area contributed by atoms with Crippen LogP contribution in [-0.2, 0) is 0 Å². The molecule has 22 heavy (non-hydrogen) atoms. The number of aliphatic imine (C=N–C) groups is 1. The zero-order valence-corrected chi connectivity index (χ0v) is 13.9. The van der Waals surface area contributed by atoms with Gasteiger partial charge in [0.2, 0.25) is 0 Å². The topological polar surface area (TPSA) is 175 Å². The summed E-state index contributed by atoms with van der Waals surface area (Å²) in [6.45, 7) is 5.59. The van der Waals surface area contributed by atoms with E-state index < -0.39 is 0 Å². The molecule has 0 aromatic carbocycles. The third-order valence-electron chi connectivity index (χ3n) is 2.09. The van der Waals surface area contributed by atoms with Gasteiger partial charge in [0.15, 0.2) is 23.8 Å². The fraction of sp³-hybridized carbons (Fsp3) is 0.667. The first-order valence-electron chi connectivity index (χ1n) is 7.00. The molecule has 0 saturated heterocycles. The van der Waals surface area contributed by atoms with E-state index in [0.717, 1.165) is 19.4 Å². The van der Waals surface area contributed by atoms with Crippen molar-refractivity contribution in [3.8, 4) is 0 Å². The molecule has 0 aromatic rings. The first-order chi connectivity index (χ1) is 10.2. The zero-order valence-electron chi connectivity index (χ0n) is 13.9. The van der Waals surface area contributed by atoms with E-state index in [4.69, 9.17) is 27.7 Å². The standard InChI is InChI=1S/C8H19N5.C4H11N5/c1-3-5-6-12-8(11-4-2)13-7(9)10;1-9(2)4(7)8-3(5)6/h3-6H2,1-2H3,(H5,9,10,11,12,13);1-2H3,(H5,5,6,7,8). The molecule has 0 bridgehead atoms. The van der Waals surface area contributed by atoms with Gasteiger partial charge in [0.05, 0.1) is 0 Å². The Morgan fingerprint density at radius 1 is 1.05 bits per heavy atom. The van der Waals surface area contributed by atoms with E-state index in [2.05, 4.69) is 27.9 Å². The van der Waals surface area contributed by atoms with Gasteiger partial charge in [-0.3, -0.25) is 31.9 Å². The minimum absolute atomic E-state index is 0.0869. The van der Waals surface area contributed by atoms with Gasteiger partial charge in [-0.1, -0.05) is 13.3 Å². The van der Waals surface area contributed by atoms with E-state index in [-0.39, 0.29) is 17.9 Å². The summed E-state index contributed by atoms with van der Waals surface area (Å²) in [7, 11) is 3.39. The molecule has 0 saturated carbocycles. The average Bonchev–Trinajstić information content (AvgIpc) is 2.38. The Kier molecular flexibility index (Phi) is 13.3. The van der Waals surface area contributed by atoms with E-state index in [1.165, 1.54) is 4.90 Å². The average molecular weight is 314 g/mol. The lowest BCUT2D eigenvalue weighted by atomic mass is 10.3. The molecular formula is C12H30N10. The smallest absolute Gasteiger partial charge is 0.198 e. The summed E-state index contributed by atoms with van der Waals surface area (Å²) in [6, 6.07) is 0. The first-order valence-corrected chi connectivity index (χ1v) is 7.00. The number of hydrogen-bond donors (Lipinski definition) is 8. The quantitative estimate of drug-likeness (QED) is 0.191. The normalized spacial score (nSPS) is 9.91. The molecule has 0 fully saturated rings. The maximum absolute atomic E-state index is 7.07. The van der Waals surface area contributed by atoms with Gasteiger partial charge in [-0.25, -0.2) is 0 Å². The highest BCUT2D eigenvalue weighted by Crippen LogP contribution is 1.82. The first kappa shape index (κ1) is 21.8. The maximum atomic E-state index is 7.07. The molecule has 0 spiro atoms. The number of nitrogens with two attached hydrogens (primary N) is 2. The van der Waals surface area contributed by atoms with Crippen molar-refractivity contribution in [3.05, 3.63) is 0 Å². The van der Waals surface area contributed by atoms with Crippen LogP contribution < -0.4 is 27.4 Å². The lowest BCUT2D eigenvalue weighted by Crippen LogP contribution is -2.44. The van der Waals surface area contributed by atoms with Gasteiger partial charge >= 0.3 is 0 Å². The molecule has 0 rings (SSSR count). The van der Waals surface area contributed by atoms with E-state index in [1.807, 2.05) is 6.92 Å². The lowest BCUT2D eigenvalue weighted by molar-refractivity contribution is 0.599. The minimum atomic E-state index is -0.214. The van der Waals surface area contributed by atoms with Gasteiger partial charge in [0, 0.05) is 27.2 Å². The summed E-state index contributed by atoms with van der Waals surface area (Å²) in [6.07, 6.45) is 2.22. The molecule has 0 aromatic heterocycles. The zero-order chi connectivity index (χ0) is 17.5. The van der Waals surface area contributed by atoms with E-state index >= 15 is 0 Å². The van der Waals surface area contributed by atoms with Crippen molar-refractivity contribution < 1.29 is 0 Å². The molecule has 0 unspecified atom stereocenters. The van der Waals surface area contributed by atoms with Crippen molar-refractivity contribution in [2.45, 2.75) is 26.7 Å². The van der Waals surface area contributed by atoms with Gasteiger partial charge in [-0.2, -0.15) is 0 Å². The van der Waals surface area contributed by atoms with Gasteiger partial charge < -0.3 is 21.7 Å². The van der Waals surface area contributed by atoms with Crippen molar-refractivity contribution >= 4 is 23.8 Å². The summed E-state index contributed by atoms with van der Waals surface area (Å²) in [4.78, 5) is 5.62. The van der Waals surface area contributed by atoms with Crippen LogP contribution in [0.3, 0.4) is 0 Å². The highest BCUT2D eigenvalue weighted by Gasteiger charge is 1.97. The monoisotopic (exact) mass is 314 g/mol. The largest absolute Gasteiger partial charge is 0.370 e. The van der Waals surface area contributed by atoms with Crippen LogP contribution in [0.5, 0.6) is 0 Å². The Bertz CT molecular complexity index is 374. The Morgan fingerprint density at radius 3 is 1.91 bits per heavy atom. The Balaban J connectivity index is 0. The van der Waals surface area contributed by atoms with Gasteiger partial charge in [-0.05, 0) is 13.3 Å². The number of hydrogen-bond acceptors (Lipinski definition) is 4. The molecule has 10 N–H and O–H groups in total. The maximum Gasteiger partial charge on any atom is 0.198 e. The van der Waals surface area contributed by atoms with Crippen molar-refractivity contribution in [3.63, 3.8) is 0 Å². The van der Waals surface area contributed by atoms with E-state index in [0.29, 0.717) is 12.5 Å². The van der Waals surface area contributed by atoms with Crippen LogP contribution in [-0.4, -0.2) is 55.9 Å². The van der Waals surface area contributed by atoms with E-state index in [1.54, 1.807) is 14.1 Å². The molecule has 0 aliphatic carbocycles. The summed E-state index contributed by atoms with van der Waals surface area (Å²) < 4.78 is 0. The molecular weight excluding hydrogens is 284 g/mol. The third kappa shape index (κ3) is 15.5. The number of guanidine groups is 4. The molecule has 0 heterocycles. The van der Waals surface area contributed by atoms with Crippen LogP contribution >= 0.6 is 0 Å². The second-order valence-electron chi connectivity index (χ2n) is 4.42. The number of nitrogens with zero attached hydrogens (tertiary/aromatic N) is 2. The summed E-state index contributed by atoms with van der Waals surface area (Å²) in [5, 5.41) is 28.8. The highest BCUT2D eigenvalue weighted by atomic mass is 15.3. The SMILES string of the molecule is CCCCN/C(=N\CC)NC(=N)N.CN(C)C(=N)NC(=N)N. The van der Waals surface area contributed by atoms with Gasteiger partial charge in [-0.15, -0.1) is 0 Å². The molecule has 0 aliphatic rings. The molecule has 0 atom stereocenters. The molecule has 0 radical (unpaired) electrons. The highest BCUT2D eigenvalue weighted by molar-refractivity contribution is 5.96. The second kappa shape index (κ2) is 13.5. The van der Waals surface area contributed by atoms with Crippen molar-refractivity contribution in [1.82, 2.24) is 20.9 Å².